The fraction of sp³-hybridized carbons (Fsp3) is 0.0667. The summed E-state index contributed by atoms with van der Waals surface area (Å²) >= 11 is 1.19. The fourth-order valence-corrected chi connectivity index (χ4v) is 5.29. The second-order valence-electron chi connectivity index (χ2n) is 9.05. The Morgan fingerprint density at radius 2 is 1.74 bits per heavy atom. The van der Waals surface area contributed by atoms with Crippen molar-refractivity contribution >= 4 is 40.2 Å². The predicted octanol–water partition coefficient (Wildman–Crippen LogP) is 4.65. The summed E-state index contributed by atoms with van der Waals surface area (Å²) in [5.74, 6) is 1.60. The van der Waals surface area contributed by atoms with Gasteiger partial charge in [0.05, 0.1) is 29.4 Å². The van der Waals surface area contributed by atoms with Gasteiger partial charge in [-0.3, -0.25) is 14.9 Å². The van der Waals surface area contributed by atoms with E-state index < -0.39 is 4.92 Å². The molecule has 0 amide bonds. The molecule has 0 atom stereocenters. The highest BCUT2D eigenvalue weighted by Crippen LogP contribution is 2.29. The number of nitro groups is 1. The molecule has 0 aliphatic heterocycles. The molecule has 0 saturated carbocycles. The monoisotopic (exact) mass is 578 g/mol. The molecule has 0 aliphatic carbocycles. The Hall–Kier alpha value is -5.62. The van der Waals surface area contributed by atoms with Crippen molar-refractivity contribution in [2.24, 2.45) is 0 Å². The Morgan fingerprint density at radius 1 is 0.929 bits per heavy atom. The van der Waals surface area contributed by atoms with E-state index in [2.05, 4.69) is 10.1 Å². The molecule has 0 aliphatic rings. The van der Waals surface area contributed by atoms with Crippen molar-refractivity contribution < 1.29 is 14.4 Å². The number of nitrogens with zero attached hydrogens (tertiary/aromatic N) is 6. The van der Waals surface area contributed by atoms with E-state index in [1.165, 1.54) is 28.0 Å². The Kier molecular flexibility index (Phi) is 7.03. The molecule has 0 fully saturated rings. The third kappa shape index (κ3) is 5.13. The zero-order valence-corrected chi connectivity index (χ0v) is 23.2. The summed E-state index contributed by atoms with van der Waals surface area (Å²) in [6.45, 7) is 0. The van der Waals surface area contributed by atoms with Gasteiger partial charge in [0, 0.05) is 29.5 Å². The van der Waals surface area contributed by atoms with E-state index in [0.717, 1.165) is 11.3 Å². The maximum Gasteiger partial charge on any atom is 0.291 e. The van der Waals surface area contributed by atoms with Crippen molar-refractivity contribution in [2.45, 2.75) is 0 Å². The summed E-state index contributed by atoms with van der Waals surface area (Å²) in [5, 5.41) is 20.5. The number of hydrogen-bond acceptors (Lipinski definition) is 9. The van der Waals surface area contributed by atoms with Crippen LogP contribution >= 0.6 is 11.3 Å². The molecule has 42 heavy (non-hydrogen) atoms. The molecule has 3 heterocycles. The maximum absolute atomic E-state index is 13.3. The Labute approximate surface area is 242 Å². The molecule has 0 radical (unpaired) electrons. The van der Waals surface area contributed by atoms with Gasteiger partial charge in [0.2, 0.25) is 4.96 Å². The first-order valence-electron chi connectivity index (χ1n) is 12.6. The van der Waals surface area contributed by atoms with Gasteiger partial charge in [0.15, 0.2) is 17.3 Å². The first-order valence-corrected chi connectivity index (χ1v) is 13.5. The van der Waals surface area contributed by atoms with Gasteiger partial charge in [-0.1, -0.05) is 53.8 Å². The van der Waals surface area contributed by atoms with E-state index in [-0.39, 0.29) is 11.2 Å². The van der Waals surface area contributed by atoms with Crippen molar-refractivity contribution in [1.29, 1.82) is 0 Å². The van der Waals surface area contributed by atoms with Crippen LogP contribution in [-0.2, 0) is 0 Å². The van der Waals surface area contributed by atoms with E-state index in [9.17, 15) is 14.9 Å². The number of benzene rings is 3. The molecule has 6 rings (SSSR count). The zero-order chi connectivity index (χ0) is 29.2. The topological polar surface area (TPSA) is 127 Å². The Bertz CT molecular complexity index is 2080. The molecule has 6 aromatic rings. The van der Waals surface area contributed by atoms with Crippen LogP contribution in [-0.4, -0.2) is 43.5 Å². The number of rotatable bonds is 8. The van der Waals surface area contributed by atoms with Gasteiger partial charge in [-0.15, -0.1) is 5.10 Å². The van der Waals surface area contributed by atoms with Crippen LogP contribution in [0.1, 0.15) is 17.0 Å². The minimum Gasteiger partial charge on any atom is -0.493 e. The molecule has 0 unspecified atom stereocenters. The molecule has 12 heteroatoms. The average Bonchev–Trinajstić information content (AvgIpc) is 3.71. The highest BCUT2D eigenvalue weighted by Gasteiger charge is 2.16. The summed E-state index contributed by atoms with van der Waals surface area (Å²) in [6, 6.07) is 21.2. The average molecular weight is 579 g/mol. The fourth-order valence-electron chi connectivity index (χ4n) is 4.38. The van der Waals surface area contributed by atoms with Crippen molar-refractivity contribution in [1.82, 2.24) is 24.4 Å². The molecular formula is C30H22N6O5S. The minimum absolute atomic E-state index is 0.0512. The lowest BCUT2D eigenvalue weighted by Crippen LogP contribution is -2.23. The molecule has 0 saturated heterocycles. The van der Waals surface area contributed by atoms with Crippen LogP contribution in [0.15, 0.2) is 83.8 Å². The molecule has 0 N–H and O–H groups in total. The summed E-state index contributed by atoms with van der Waals surface area (Å²) in [6.07, 6.45) is 7.04. The number of fused-ring (bicyclic) bond motifs is 1. The molecule has 11 nitrogen and oxygen atoms in total. The van der Waals surface area contributed by atoms with Crippen LogP contribution in [0.4, 0.5) is 5.69 Å². The maximum atomic E-state index is 13.3. The van der Waals surface area contributed by atoms with E-state index in [4.69, 9.17) is 14.6 Å². The SMILES string of the molecule is COc1ccc(/C=C/c2nc3s/c(=C\c4cn(-c5ccccc5)nc4-c4cccc([N+](=O)[O-])c4)c(=O)n3n2)cc1OC. The van der Waals surface area contributed by atoms with E-state index in [1.807, 2.05) is 48.5 Å². The van der Waals surface area contributed by atoms with Crippen molar-refractivity contribution in [3.8, 4) is 28.4 Å². The standard InChI is InChI=1S/C30H22N6O5S/c1-40-24-13-11-19(15-25(24)41-2)12-14-27-31-30-35(32-27)29(37)26(42-30)17-21-18-34(22-8-4-3-5-9-22)33-28(21)20-7-6-10-23(16-20)36(38)39/h3-18H,1-2H3/b14-12+,26-17-. The van der Waals surface area contributed by atoms with Gasteiger partial charge in [-0.2, -0.15) is 14.6 Å². The van der Waals surface area contributed by atoms with Gasteiger partial charge >= 0.3 is 0 Å². The van der Waals surface area contributed by atoms with Gasteiger partial charge in [-0.05, 0) is 42.0 Å². The van der Waals surface area contributed by atoms with Crippen molar-refractivity contribution in [3.63, 3.8) is 0 Å². The second kappa shape index (κ2) is 11.1. The Morgan fingerprint density at radius 3 is 2.48 bits per heavy atom. The highest BCUT2D eigenvalue weighted by atomic mass is 32.1. The first-order chi connectivity index (χ1) is 20.4. The molecular weight excluding hydrogens is 556 g/mol. The quantitative estimate of drug-likeness (QED) is 0.189. The third-order valence-electron chi connectivity index (χ3n) is 6.41. The summed E-state index contributed by atoms with van der Waals surface area (Å²) in [7, 11) is 3.14. The van der Waals surface area contributed by atoms with E-state index in [0.29, 0.717) is 43.6 Å². The van der Waals surface area contributed by atoms with Gasteiger partial charge < -0.3 is 9.47 Å². The van der Waals surface area contributed by atoms with Gasteiger partial charge in [0.1, 0.15) is 5.69 Å². The Balaban J connectivity index is 1.39. The van der Waals surface area contributed by atoms with E-state index >= 15 is 0 Å². The van der Waals surface area contributed by atoms with Gasteiger partial charge in [0.25, 0.3) is 11.2 Å². The smallest absolute Gasteiger partial charge is 0.291 e. The number of non-ortho nitro benzene ring substituents is 1. The lowest BCUT2D eigenvalue weighted by Gasteiger charge is -2.07. The summed E-state index contributed by atoms with van der Waals surface area (Å²) in [5.41, 5.74) is 2.95. The molecule has 3 aromatic carbocycles. The van der Waals surface area contributed by atoms with Crippen LogP contribution in [0.2, 0.25) is 0 Å². The molecule has 3 aromatic heterocycles. The highest BCUT2D eigenvalue weighted by molar-refractivity contribution is 7.15. The molecule has 0 spiro atoms. The number of thiazole rings is 1. The van der Waals surface area contributed by atoms with Crippen LogP contribution in [0.25, 0.3) is 40.1 Å². The summed E-state index contributed by atoms with van der Waals surface area (Å²) in [4.78, 5) is 29.2. The number of ether oxygens (including phenoxy) is 2. The lowest BCUT2D eigenvalue weighted by molar-refractivity contribution is -0.384. The van der Waals surface area contributed by atoms with Crippen molar-refractivity contribution in [2.75, 3.05) is 14.2 Å². The minimum atomic E-state index is -0.450. The van der Waals surface area contributed by atoms with Crippen LogP contribution in [0.3, 0.4) is 0 Å². The number of hydrogen-bond donors (Lipinski definition) is 0. The van der Waals surface area contributed by atoms with Crippen LogP contribution < -0.4 is 19.6 Å². The summed E-state index contributed by atoms with van der Waals surface area (Å²) < 4.78 is 14.0. The number of para-hydroxylation sites is 1. The number of aromatic nitrogens is 5. The van der Waals surface area contributed by atoms with Crippen molar-refractivity contribution in [3.05, 3.63) is 121 Å². The third-order valence-corrected chi connectivity index (χ3v) is 7.37. The zero-order valence-electron chi connectivity index (χ0n) is 22.4. The second-order valence-corrected chi connectivity index (χ2v) is 10.1. The normalized spacial score (nSPS) is 11.9. The number of methoxy groups -OCH3 is 2. The lowest BCUT2D eigenvalue weighted by atomic mass is 10.1. The first kappa shape index (κ1) is 26.6. The van der Waals surface area contributed by atoms with Crippen LogP contribution in [0, 0.1) is 10.1 Å². The van der Waals surface area contributed by atoms with E-state index in [1.54, 1.807) is 55.4 Å². The number of nitro benzene ring substituents is 1. The van der Waals surface area contributed by atoms with Gasteiger partial charge in [-0.25, -0.2) is 4.68 Å². The largest absolute Gasteiger partial charge is 0.493 e. The molecule has 0 bridgehead atoms. The molecule has 208 valence electrons. The van der Waals surface area contributed by atoms with Crippen LogP contribution in [0.5, 0.6) is 11.5 Å². The predicted molar refractivity (Wildman–Crippen MR) is 160 cm³/mol.